The largest absolute Gasteiger partial charge is 0.496 e. The summed E-state index contributed by atoms with van der Waals surface area (Å²) in [6.45, 7) is 0. The maximum Gasteiger partial charge on any atom is 0.181 e. The molecule has 0 aliphatic carbocycles. The van der Waals surface area contributed by atoms with Crippen LogP contribution in [0, 0.1) is 0 Å². The Hall–Kier alpha value is -1.42. The fraction of sp³-hybridized carbons (Fsp3) is 0.300. The number of alkyl halides is 1. The number of ketones is 1. The van der Waals surface area contributed by atoms with Crippen LogP contribution in [-0.4, -0.2) is 25.9 Å². The first-order valence-corrected chi connectivity index (χ1v) is 4.78. The Morgan fingerprint density at radius 1 is 1.33 bits per heavy atom. The Kier molecular flexibility index (Phi) is 3.80. The van der Waals surface area contributed by atoms with Gasteiger partial charge in [0.1, 0.15) is 11.5 Å². The monoisotopic (exact) mass is 229 g/mol. The van der Waals surface area contributed by atoms with Crippen LogP contribution in [-0.2, 0) is 0 Å². The number of halogens is 1. The molecule has 2 N–H and O–H groups in total. The third-order valence-corrected chi connectivity index (χ3v) is 2.22. The van der Waals surface area contributed by atoms with Crippen molar-refractivity contribution in [3.63, 3.8) is 0 Å². The molecule has 0 saturated carbocycles. The van der Waals surface area contributed by atoms with Crippen LogP contribution < -0.4 is 15.2 Å². The zero-order chi connectivity index (χ0) is 11.4. The number of ether oxygens (including phenoxy) is 2. The second kappa shape index (κ2) is 4.89. The molecule has 82 valence electrons. The molecule has 0 radical (unpaired) electrons. The second-order valence-electron chi connectivity index (χ2n) is 2.85. The number of methoxy groups -OCH3 is 2. The molecular weight excluding hydrogens is 218 g/mol. The van der Waals surface area contributed by atoms with Crippen molar-refractivity contribution in [2.45, 2.75) is 0 Å². The lowest BCUT2D eigenvalue weighted by Gasteiger charge is -2.10. The van der Waals surface area contributed by atoms with E-state index < -0.39 is 0 Å². The molecule has 15 heavy (non-hydrogen) atoms. The number of Topliss-reactive ketones (excluding diaryl/α,β-unsaturated/α-hetero) is 1. The second-order valence-corrected chi connectivity index (χ2v) is 3.12. The molecule has 4 nitrogen and oxygen atoms in total. The van der Waals surface area contributed by atoms with E-state index in [0.29, 0.717) is 22.7 Å². The number of hydrogen-bond acceptors (Lipinski definition) is 4. The number of carbonyl (C=O) groups excluding carboxylic acids is 1. The Morgan fingerprint density at radius 3 is 2.40 bits per heavy atom. The lowest BCUT2D eigenvalue weighted by Crippen LogP contribution is -2.05. The van der Waals surface area contributed by atoms with Crippen LogP contribution in [0.2, 0.25) is 0 Å². The molecule has 0 spiro atoms. The summed E-state index contributed by atoms with van der Waals surface area (Å²) in [6, 6.07) is 3.07. The molecule has 0 fully saturated rings. The highest BCUT2D eigenvalue weighted by Gasteiger charge is 2.14. The van der Waals surface area contributed by atoms with Crippen molar-refractivity contribution >= 4 is 23.1 Å². The number of hydrogen-bond donors (Lipinski definition) is 1. The molecule has 0 bridgehead atoms. The fourth-order valence-corrected chi connectivity index (χ4v) is 1.36. The Morgan fingerprint density at radius 2 is 1.93 bits per heavy atom. The molecule has 0 aromatic heterocycles. The molecule has 1 rings (SSSR count). The van der Waals surface area contributed by atoms with Crippen molar-refractivity contribution in [1.82, 2.24) is 0 Å². The van der Waals surface area contributed by atoms with Gasteiger partial charge in [-0.3, -0.25) is 4.79 Å². The van der Waals surface area contributed by atoms with Crippen LogP contribution in [0.15, 0.2) is 12.1 Å². The van der Waals surface area contributed by atoms with Gasteiger partial charge in [0.05, 0.1) is 31.4 Å². The van der Waals surface area contributed by atoms with Crippen LogP contribution in [0.3, 0.4) is 0 Å². The van der Waals surface area contributed by atoms with Crippen LogP contribution in [0.4, 0.5) is 5.69 Å². The van der Waals surface area contributed by atoms with E-state index >= 15 is 0 Å². The summed E-state index contributed by atoms with van der Waals surface area (Å²) in [5.74, 6) is 0.499. The Balaban J connectivity index is 3.28. The van der Waals surface area contributed by atoms with Gasteiger partial charge in [-0.2, -0.15) is 0 Å². The third kappa shape index (κ3) is 2.33. The minimum absolute atomic E-state index is 0.108. The number of benzene rings is 1. The van der Waals surface area contributed by atoms with E-state index in [9.17, 15) is 4.79 Å². The van der Waals surface area contributed by atoms with Gasteiger partial charge in [0.25, 0.3) is 0 Å². The lowest BCUT2D eigenvalue weighted by atomic mass is 10.1. The minimum Gasteiger partial charge on any atom is -0.496 e. The average molecular weight is 230 g/mol. The number of rotatable bonds is 4. The Labute approximate surface area is 92.9 Å². The summed E-state index contributed by atoms with van der Waals surface area (Å²) in [7, 11) is 2.94. The van der Waals surface area contributed by atoms with Gasteiger partial charge in [0.15, 0.2) is 5.78 Å². The van der Waals surface area contributed by atoms with Crippen LogP contribution in [0.25, 0.3) is 0 Å². The minimum atomic E-state index is -0.230. The topological polar surface area (TPSA) is 61.5 Å². The molecule has 0 amide bonds. The van der Waals surface area contributed by atoms with E-state index in [-0.39, 0.29) is 11.7 Å². The maximum atomic E-state index is 11.5. The van der Waals surface area contributed by atoms with E-state index in [1.165, 1.54) is 20.3 Å². The van der Waals surface area contributed by atoms with Crippen LogP contribution in [0.5, 0.6) is 11.5 Å². The zero-order valence-electron chi connectivity index (χ0n) is 8.54. The van der Waals surface area contributed by atoms with E-state index in [1.54, 1.807) is 6.07 Å². The summed E-state index contributed by atoms with van der Waals surface area (Å²) >= 11 is 5.47. The molecule has 0 unspecified atom stereocenters. The summed E-state index contributed by atoms with van der Waals surface area (Å²) in [5.41, 5.74) is 6.46. The van der Waals surface area contributed by atoms with E-state index in [1.807, 2.05) is 0 Å². The van der Waals surface area contributed by atoms with Gasteiger partial charge in [0, 0.05) is 6.07 Å². The van der Waals surface area contributed by atoms with Gasteiger partial charge < -0.3 is 15.2 Å². The molecule has 5 heteroatoms. The third-order valence-electron chi connectivity index (χ3n) is 1.97. The van der Waals surface area contributed by atoms with E-state index in [4.69, 9.17) is 26.8 Å². The summed E-state index contributed by atoms with van der Waals surface area (Å²) < 4.78 is 10.0. The lowest BCUT2D eigenvalue weighted by molar-refractivity contribution is 0.101. The number of anilines is 1. The predicted octanol–water partition coefficient (Wildman–Crippen LogP) is 1.71. The number of nitrogens with two attached hydrogens (primary N) is 1. The number of carbonyl (C=O) groups is 1. The zero-order valence-corrected chi connectivity index (χ0v) is 9.30. The molecule has 1 aromatic carbocycles. The van der Waals surface area contributed by atoms with Crippen molar-refractivity contribution in [2.75, 3.05) is 25.8 Å². The predicted molar refractivity (Wildman–Crippen MR) is 59.0 cm³/mol. The fourth-order valence-electron chi connectivity index (χ4n) is 1.21. The smallest absolute Gasteiger partial charge is 0.181 e. The first kappa shape index (κ1) is 11.7. The molecule has 0 aliphatic rings. The summed E-state index contributed by atoms with van der Waals surface area (Å²) in [5, 5.41) is 0. The Bertz CT molecular complexity index is 379. The maximum absolute atomic E-state index is 11.5. The van der Waals surface area contributed by atoms with Gasteiger partial charge in [-0.1, -0.05) is 0 Å². The van der Waals surface area contributed by atoms with Gasteiger partial charge in [-0.15, -0.1) is 11.6 Å². The van der Waals surface area contributed by atoms with Gasteiger partial charge in [-0.05, 0) is 6.07 Å². The standard InChI is InChI=1S/C10H12ClNO3/c1-14-9-4-7(12)10(15-2)3-6(9)8(13)5-11/h3-4H,5,12H2,1-2H3. The van der Waals surface area contributed by atoms with Gasteiger partial charge >= 0.3 is 0 Å². The van der Waals surface area contributed by atoms with Crippen molar-refractivity contribution in [3.8, 4) is 11.5 Å². The summed E-state index contributed by atoms with van der Waals surface area (Å²) in [4.78, 5) is 11.5. The normalized spacial score (nSPS) is 9.80. The molecule has 0 saturated heterocycles. The quantitative estimate of drug-likeness (QED) is 0.485. The first-order chi connectivity index (χ1) is 7.13. The molecule has 1 aromatic rings. The summed E-state index contributed by atoms with van der Waals surface area (Å²) in [6.07, 6.45) is 0. The SMILES string of the molecule is COc1cc(C(=O)CCl)c(OC)cc1N. The highest BCUT2D eigenvalue weighted by Crippen LogP contribution is 2.31. The van der Waals surface area contributed by atoms with Crippen molar-refractivity contribution in [2.24, 2.45) is 0 Å². The van der Waals surface area contributed by atoms with Gasteiger partial charge in [0.2, 0.25) is 0 Å². The molecule has 0 heterocycles. The van der Waals surface area contributed by atoms with Crippen molar-refractivity contribution < 1.29 is 14.3 Å². The van der Waals surface area contributed by atoms with Gasteiger partial charge in [-0.25, -0.2) is 0 Å². The van der Waals surface area contributed by atoms with Crippen molar-refractivity contribution in [1.29, 1.82) is 0 Å². The first-order valence-electron chi connectivity index (χ1n) is 4.24. The highest BCUT2D eigenvalue weighted by atomic mass is 35.5. The molecular formula is C10H12ClNO3. The van der Waals surface area contributed by atoms with Crippen LogP contribution in [0.1, 0.15) is 10.4 Å². The number of nitrogen functional groups attached to an aromatic ring is 1. The highest BCUT2D eigenvalue weighted by molar-refractivity contribution is 6.30. The molecule has 0 aliphatic heterocycles. The van der Waals surface area contributed by atoms with E-state index in [2.05, 4.69) is 0 Å². The van der Waals surface area contributed by atoms with Crippen molar-refractivity contribution in [3.05, 3.63) is 17.7 Å². The van der Waals surface area contributed by atoms with Crippen LogP contribution >= 0.6 is 11.6 Å². The average Bonchev–Trinajstić information content (AvgIpc) is 2.27. The van der Waals surface area contributed by atoms with E-state index in [0.717, 1.165) is 0 Å². The molecule has 0 atom stereocenters.